The van der Waals surface area contributed by atoms with Crippen LogP contribution in [0.2, 0.25) is 0 Å². The van der Waals surface area contributed by atoms with Gasteiger partial charge in [-0.05, 0) is 42.0 Å². The van der Waals surface area contributed by atoms with Crippen molar-refractivity contribution < 1.29 is 9.84 Å². The number of benzene rings is 1. The van der Waals surface area contributed by atoms with Gasteiger partial charge >= 0.3 is 0 Å². The number of ether oxygens (including phenoxy) is 1. The van der Waals surface area contributed by atoms with Gasteiger partial charge in [0.25, 0.3) is 0 Å². The van der Waals surface area contributed by atoms with E-state index in [1.54, 1.807) is 0 Å². The van der Waals surface area contributed by atoms with Crippen LogP contribution in [0.25, 0.3) is 0 Å². The third kappa shape index (κ3) is 1.55. The largest absolute Gasteiger partial charge is 0.484 e. The lowest BCUT2D eigenvalue weighted by molar-refractivity contribution is 0.0965. The molecule has 5 rings (SSSR count). The normalized spacial score (nSPS) is 32.6. The van der Waals surface area contributed by atoms with Crippen molar-refractivity contribution in [3.05, 3.63) is 64.8 Å². The van der Waals surface area contributed by atoms with Crippen molar-refractivity contribution in [2.45, 2.75) is 37.3 Å². The van der Waals surface area contributed by atoms with Crippen molar-refractivity contribution in [1.82, 2.24) is 4.90 Å². The van der Waals surface area contributed by atoms with Crippen molar-refractivity contribution in [3.63, 3.8) is 0 Å². The highest BCUT2D eigenvalue weighted by molar-refractivity contribution is 5.66. The second-order valence-electron chi connectivity index (χ2n) is 7.49. The van der Waals surface area contributed by atoms with E-state index in [9.17, 15) is 5.11 Å². The maximum absolute atomic E-state index is 9.89. The third-order valence-corrected chi connectivity index (χ3v) is 6.45. The average Bonchev–Trinajstić information content (AvgIpc) is 2.94. The summed E-state index contributed by atoms with van der Waals surface area (Å²) < 4.78 is 6.50. The van der Waals surface area contributed by atoms with E-state index in [0.29, 0.717) is 6.04 Å². The molecule has 2 aliphatic carbocycles. The Kier molecular flexibility index (Phi) is 2.92. The summed E-state index contributed by atoms with van der Waals surface area (Å²) in [6.45, 7) is 8.12. The minimum Gasteiger partial charge on any atom is -0.484 e. The predicted molar refractivity (Wildman–Crippen MR) is 94.4 cm³/mol. The molecule has 1 N–H and O–H groups in total. The van der Waals surface area contributed by atoms with E-state index in [0.717, 1.165) is 37.3 Å². The molecule has 2 unspecified atom stereocenters. The highest BCUT2D eigenvalue weighted by Crippen LogP contribution is 2.61. The van der Waals surface area contributed by atoms with Crippen molar-refractivity contribution in [3.8, 4) is 5.75 Å². The van der Waals surface area contributed by atoms with Crippen molar-refractivity contribution in [2.24, 2.45) is 0 Å². The van der Waals surface area contributed by atoms with E-state index in [2.05, 4.69) is 42.7 Å². The second kappa shape index (κ2) is 4.84. The Morgan fingerprint density at radius 2 is 2.29 bits per heavy atom. The van der Waals surface area contributed by atoms with E-state index in [1.165, 1.54) is 22.3 Å². The van der Waals surface area contributed by atoms with Gasteiger partial charge in [0, 0.05) is 24.7 Å². The zero-order valence-electron chi connectivity index (χ0n) is 14.1. The summed E-state index contributed by atoms with van der Waals surface area (Å²) in [6, 6.07) is 4.90. The van der Waals surface area contributed by atoms with Crippen LogP contribution in [0.15, 0.2) is 48.1 Å². The molecule has 2 bridgehead atoms. The summed E-state index contributed by atoms with van der Waals surface area (Å²) in [4.78, 5) is 2.54. The number of aliphatic hydroxyl groups excluding tert-OH is 1. The Morgan fingerprint density at radius 3 is 3.08 bits per heavy atom. The number of aryl methyl sites for hydroxylation is 1. The quantitative estimate of drug-likeness (QED) is 0.869. The molecule has 1 aromatic rings. The van der Waals surface area contributed by atoms with Crippen LogP contribution in [-0.4, -0.2) is 41.8 Å². The molecule has 3 atom stereocenters. The van der Waals surface area contributed by atoms with Crippen LogP contribution >= 0.6 is 0 Å². The molecule has 1 fully saturated rings. The molecule has 0 aromatic heterocycles. The summed E-state index contributed by atoms with van der Waals surface area (Å²) >= 11 is 0. The fourth-order valence-electron chi connectivity index (χ4n) is 5.46. The maximum atomic E-state index is 9.89. The summed E-state index contributed by atoms with van der Waals surface area (Å²) in [7, 11) is 0. The highest BCUT2D eigenvalue weighted by atomic mass is 16.5. The predicted octanol–water partition coefficient (Wildman–Crippen LogP) is 2.67. The number of aliphatic hydroxyl groups is 1. The Bertz CT molecular complexity index is 806. The fourth-order valence-corrected chi connectivity index (χ4v) is 5.46. The van der Waals surface area contributed by atoms with Gasteiger partial charge in [0.1, 0.15) is 11.9 Å². The molecule has 2 heterocycles. The minimum atomic E-state index is -0.0654. The molecule has 1 aromatic carbocycles. The maximum Gasteiger partial charge on any atom is 0.136 e. The van der Waals surface area contributed by atoms with Gasteiger partial charge in [-0.3, -0.25) is 4.90 Å². The van der Waals surface area contributed by atoms with Crippen molar-refractivity contribution >= 4 is 0 Å². The van der Waals surface area contributed by atoms with Crippen LogP contribution in [-0.2, 0) is 11.8 Å². The zero-order valence-corrected chi connectivity index (χ0v) is 14.1. The molecule has 24 heavy (non-hydrogen) atoms. The molecule has 4 aliphatic rings. The number of piperidine rings is 1. The Balaban J connectivity index is 1.78. The highest BCUT2D eigenvalue weighted by Gasteiger charge is 2.61. The van der Waals surface area contributed by atoms with Crippen molar-refractivity contribution in [1.29, 1.82) is 0 Å². The van der Waals surface area contributed by atoms with E-state index in [1.807, 2.05) is 6.08 Å². The number of nitrogens with zero attached hydrogens (tertiary/aromatic N) is 1. The third-order valence-electron chi connectivity index (χ3n) is 6.45. The van der Waals surface area contributed by atoms with Gasteiger partial charge in [0.05, 0.1) is 12.0 Å². The Hall–Kier alpha value is -1.84. The second-order valence-corrected chi connectivity index (χ2v) is 7.49. The first-order chi connectivity index (χ1) is 11.7. The number of hydrogen-bond acceptors (Lipinski definition) is 3. The van der Waals surface area contributed by atoms with Gasteiger partial charge in [0.2, 0.25) is 0 Å². The Labute approximate surface area is 142 Å². The molecule has 2 aliphatic heterocycles. The fraction of sp³-hybridized carbons (Fsp3) is 0.429. The SMILES string of the molecule is C=CCN1CCC23C4=CC=C(CO)C2Oc2c(C)ccc(c23)C[C@@H]41. The number of hydrogen-bond donors (Lipinski definition) is 1. The monoisotopic (exact) mass is 321 g/mol. The van der Waals surface area contributed by atoms with Gasteiger partial charge in [-0.15, -0.1) is 6.58 Å². The van der Waals surface area contributed by atoms with E-state index in [4.69, 9.17) is 4.74 Å². The minimum absolute atomic E-state index is 0.0361. The first kappa shape index (κ1) is 14.5. The molecule has 124 valence electrons. The number of likely N-dealkylation sites (tertiary alicyclic amines) is 1. The molecular weight excluding hydrogens is 298 g/mol. The van der Waals surface area contributed by atoms with Gasteiger partial charge in [-0.2, -0.15) is 0 Å². The van der Waals surface area contributed by atoms with Crippen LogP contribution in [0.3, 0.4) is 0 Å². The Morgan fingerprint density at radius 1 is 1.42 bits per heavy atom. The molecule has 3 nitrogen and oxygen atoms in total. The van der Waals surface area contributed by atoms with Crippen LogP contribution in [0.4, 0.5) is 0 Å². The van der Waals surface area contributed by atoms with Gasteiger partial charge in [-0.25, -0.2) is 0 Å². The molecule has 0 saturated carbocycles. The lowest BCUT2D eigenvalue weighted by Crippen LogP contribution is -2.59. The molecule has 1 saturated heterocycles. The standard InChI is InChI=1S/C21H23NO2/c1-3-9-22-10-8-21-16-7-6-15(12-23)20(21)24-19-13(2)4-5-14(18(19)21)11-17(16)22/h3-7,17,20,23H,1,8-12H2,2H3/t17-,20?,21?/m0/s1. The molecule has 1 spiro atoms. The molecule has 0 amide bonds. The molecule has 0 radical (unpaired) electrons. The van der Waals surface area contributed by atoms with Crippen LogP contribution in [0.5, 0.6) is 5.75 Å². The van der Waals surface area contributed by atoms with Crippen LogP contribution in [0.1, 0.15) is 23.1 Å². The van der Waals surface area contributed by atoms with E-state index >= 15 is 0 Å². The van der Waals surface area contributed by atoms with Gasteiger partial charge in [-0.1, -0.05) is 30.4 Å². The molecule has 3 heteroatoms. The lowest BCUT2D eigenvalue weighted by atomic mass is 9.56. The number of allylic oxidation sites excluding steroid dienone is 2. The van der Waals surface area contributed by atoms with E-state index < -0.39 is 0 Å². The van der Waals surface area contributed by atoms with E-state index in [-0.39, 0.29) is 18.1 Å². The summed E-state index contributed by atoms with van der Waals surface area (Å²) in [5.41, 5.74) is 6.47. The van der Waals surface area contributed by atoms with Crippen LogP contribution < -0.4 is 4.74 Å². The smallest absolute Gasteiger partial charge is 0.136 e. The first-order valence-corrected chi connectivity index (χ1v) is 8.87. The summed E-state index contributed by atoms with van der Waals surface area (Å²) in [6.07, 6.45) is 8.43. The summed E-state index contributed by atoms with van der Waals surface area (Å²) in [5.74, 6) is 1.07. The van der Waals surface area contributed by atoms with Gasteiger partial charge < -0.3 is 9.84 Å². The first-order valence-electron chi connectivity index (χ1n) is 8.87. The van der Waals surface area contributed by atoms with Crippen LogP contribution in [0, 0.1) is 6.92 Å². The lowest BCUT2D eigenvalue weighted by Gasteiger charge is -2.53. The van der Waals surface area contributed by atoms with Gasteiger partial charge in [0.15, 0.2) is 0 Å². The summed E-state index contributed by atoms with van der Waals surface area (Å²) in [5, 5.41) is 9.89. The number of rotatable bonds is 3. The topological polar surface area (TPSA) is 32.7 Å². The van der Waals surface area contributed by atoms with Crippen molar-refractivity contribution in [2.75, 3.05) is 19.7 Å². The molecular formula is C21H23NO2. The zero-order chi connectivity index (χ0) is 16.5. The average molecular weight is 321 g/mol.